The van der Waals surface area contributed by atoms with Gasteiger partial charge in [0.2, 0.25) is 10.0 Å². The van der Waals surface area contributed by atoms with Crippen molar-refractivity contribution in [3.8, 4) is 0 Å². The van der Waals surface area contributed by atoms with Crippen LogP contribution in [0.5, 0.6) is 0 Å². The lowest BCUT2D eigenvalue weighted by Gasteiger charge is -2.26. The van der Waals surface area contributed by atoms with Crippen molar-refractivity contribution in [1.82, 2.24) is 9.62 Å². The molecule has 96 valence electrons. The minimum atomic E-state index is -3.59. The monoisotopic (exact) mass is 255 g/mol. The largest absolute Gasteiger partial charge is 0.412 e. The Balaban J connectivity index is 0.00000225. The molecule has 5 N–H and O–H groups in total. The lowest BCUT2D eigenvalue weighted by atomic mass is 10.4. The first-order chi connectivity index (χ1) is 6.99. The minimum absolute atomic E-state index is 0. The molecule has 1 fully saturated rings. The van der Waals surface area contributed by atoms with E-state index in [1.807, 2.05) is 4.90 Å². The van der Waals surface area contributed by atoms with Gasteiger partial charge in [0.05, 0.1) is 19.0 Å². The second kappa shape index (κ2) is 6.63. The maximum atomic E-state index is 11.2. The molecule has 0 aliphatic carbocycles. The highest BCUT2D eigenvalue weighted by molar-refractivity contribution is 7.90. The molecule has 0 aromatic rings. The van der Waals surface area contributed by atoms with Crippen LogP contribution in [-0.2, 0) is 14.8 Å². The second-order valence-corrected chi connectivity index (χ2v) is 5.08. The number of nitrogens with one attached hydrogen (secondary N) is 1. The molecular formula is C7H17N3O5S. The van der Waals surface area contributed by atoms with Crippen LogP contribution in [0.1, 0.15) is 0 Å². The SMILES string of the molecule is NC(=O)NS(=O)(=O)CCN1CCOCC1.O. The molecule has 0 saturated carbocycles. The summed E-state index contributed by atoms with van der Waals surface area (Å²) in [6.45, 7) is 3.04. The Morgan fingerprint density at radius 1 is 1.38 bits per heavy atom. The van der Waals surface area contributed by atoms with Gasteiger partial charge in [-0.05, 0) is 0 Å². The third kappa shape index (κ3) is 5.85. The van der Waals surface area contributed by atoms with Crippen molar-refractivity contribution in [2.45, 2.75) is 0 Å². The molecular weight excluding hydrogens is 238 g/mol. The molecule has 0 aromatic heterocycles. The van der Waals surface area contributed by atoms with Crippen molar-refractivity contribution in [1.29, 1.82) is 0 Å². The molecule has 2 amide bonds. The van der Waals surface area contributed by atoms with E-state index in [0.717, 1.165) is 0 Å². The van der Waals surface area contributed by atoms with Crippen LogP contribution in [0.4, 0.5) is 4.79 Å². The van der Waals surface area contributed by atoms with E-state index in [1.165, 1.54) is 0 Å². The van der Waals surface area contributed by atoms with Gasteiger partial charge in [0, 0.05) is 19.6 Å². The average molecular weight is 255 g/mol. The van der Waals surface area contributed by atoms with Gasteiger partial charge < -0.3 is 15.9 Å². The molecule has 1 aliphatic heterocycles. The lowest BCUT2D eigenvalue weighted by Crippen LogP contribution is -2.43. The molecule has 8 nitrogen and oxygen atoms in total. The van der Waals surface area contributed by atoms with E-state index in [2.05, 4.69) is 0 Å². The number of hydrogen-bond acceptors (Lipinski definition) is 5. The summed E-state index contributed by atoms with van der Waals surface area (Å²) in [6.07, 6.45) is 0. The Hall–Kier alpha value is -0.900. The van der Waals surface area contributed by atoms with Gasteiger partial charge in [-0.15, -0.1) is 0 Å². The van der Waals surface area contributed by atoms with Crippen LogP contribution in [0.2, 0.25) is 0 Å². The molecule has 1 saturated heterocycles. The van der Waals surface area contributed by atoms with Crippen LogP contribution in [0.25, 0.3) is 0 Å². The van der Waals surface area contributed by atoms with E-state index in [-0.39, 0.29) is 11.2 Å². The van der Waals surface area contributed by atoms with Crippen molar-refractivity contribution >= 4 is 16.1 Å². The van der Waals surface area contributed by atoms with Gasteiger partial charge >= 0.3 is 6.03 Å². The van der Waals surface area contributed by atoms with Crippen LogP contribution >= 0.6 is 0 Å². The van der Waals surface area contributed by atoms with Gasteiger partial charge in [-0.1, -0.05) is 0 Å². The average Bonchev–Trinajstić information content (AvgIpc) is 2.15. The zero-order chi connectivity index (χ0) is 11.3. The zero-order valence-electron chi connectivity index (χ0n) is 8.81. The summed E-state index contributed by atoms with van der Waals surface area (Å²) in [6, 6.07) is -1.04. The third-order valence-electron chi connectivity index (χ3n) is 2.04. The number of sulfonamides is 1. The van der Waals surface area contributed by atoms with Crippen molar-refractivity contribution in [3.05, 3.63) is 0 Å². The molecule has 0 spiro atoms. The first kappa shape index (κ1) is 15.1. The van der Waals surface area contributed by atoms with E-state index < -0.39 is 16.1 Å². The summed E-state index contributed by atoms with van der Waals surface area (Å²) in [4.78, 5) is 12.3. The Kier molecular flexibility index (Phi) is 6.26. The van der Waals surface area contributed by atoms with Crippen molar-refractivity contribution in [2.75, 3.05) is 38.6 Å². The van der Waals surface area contributed by atoms with Gasteiger partial charge in [-0.25, -0.2) is 17.9 Å². The number of urea groups is 1. The van der Waals surface area contributed by atoms with E-state index in [9.17, 15) is 13.2 Å². The normalized spacial score (nSPS) is 17.5. The van der Waals surface area contributed by atoms with Gasteiger partial charge in [0.1, 0.15) is 0 Å². The maximum absolute atomic E-state index is 11.2. The van der Waals surface area contributed by atoms with E-state index in [1.54, 1.807) is 4.72 Å². The van der Waals surface area contributed by atoms with Gasteiger partial charge in [-0.2, -0.15) is 0 Å². The van der Waals surface area contributed by atoms with Crippen molar-refractivity contribution in [3.63, 3.8) is 0 Å². The Bertz CT molecular complexity index is 312. The fourth-order valence-electron chi connectivity index (χ4n) is 1.28. The lowest BCUT2D eigenvalue weighted by molar-refractivity contribution is 0.0408. The predicted octanol–water partition coefficient (Wildman–Crippen LogP) is -2.51. The fourth-order valence-corrected chi connectivity index (χ4v) is 2.19. The number of morpholine rings is 1. The molecule has 0 radical (unpaired) electrons. The predicted molar refractivity (Wildman–Crippen MR) is 57.4 cm³/mol. The molecule has 0 unspecified atom stereocenters. The zero-order valence-corrected chi connectivity index (χ0v) is 9.62. The van der Waals surface area contributed by atoms with Crippen LogP contribution in [0.3, 0.4) is 0 Å². The van der Waals surface area contributed by atoms with Gasteiger partial charge in [0.15, 0.2) is 0 Å². The number of ether oxygens (including phenoxy) is 1. The molecule has 1 heterocycles. The molecule has 16 heavy (non-hydrogen) atoms. The van der Waals surface area contributed by atoms with Crippen LogP contribution in [-0.4, -0.2) is 63.4 Å². The fraction of sp³-hybridized carbons (Fsp3) is 0.857. The van der Waals surface area contributed by atoms with E-state index >= 15 is 0 Å². The number of hydrogen-bond donors (Lipinski definition) is 2. The van der Waals surface area contributed by atoms with Crippen LogP contribution in [0.15, 0.2) is 0 Å². The van der Waals surface area contributed by atoms with E-state index in [4.69, 9.17) is 10.5 Å². The van der Waals surface area contributed by atoms with Crippen LogP contribution in [0, 0.1) is 0 Å². The first-order valence-corrected chi connectivity index (χ1v) is 6.25. The Morgan fingerprint density at radius 3 is 2.44 bits per heavy atom. The molecule has 9 heteroatoms. The maximum Gasteiger partial charge on any atom is 0.325 e. The first-order valence-electron chi connectivity index (χ1n) is 4.59. The highest BCUT2D eigenvalue weighted by Gasteiger charge is 2.16. The Morgan fingerprint density at radius 2 is 1.94 bits per heavy atom. The highest BCUT2D eigenvalue weighted by atomic mass is 32.2. The van der Waals surface area contributed by atoms with E-state index in [0.29, 0.717) is 32.8 Å². The standard InChI is InChI=1S/C7H15N3O4S.H2O/c8-7(11)9-15(12,13)6-3-10-1-4-14-5-2-10;/h1-6H2,(H3,8,9,11);1H2. The second-order valence-electron chi connectivity index (χ2n) is 3.24. The smallest absolute Gasteiger partial charge is 0.325 e. The number of nitrogens with two attached hydrogens (primary N) is 1. The molecule has 0 aromatic carbocycles. The molecule has 0 atom stereocenters. The number of primary amides is 1. The third-order valence-corrected chi connectivity index (χ3v) is 3.27. The minimum Gasteiger partial charge on any atom is -0.412 e. The quantitative estimate of drug-likeness (QED) is 0.572. The number of carbonyl (C=O) groups excluding carboxylic acids is 1. The van der Waals surface area contributed by atoms with Crippen LogP contribution < -0.4 is 10.5 Å². The summed E-state index contributed by atoms with van der Waals surface area (Å²) in [7, 11) is -3.59. The van der Waals surface area contributed by atoms with Gasteiger partial charge in [-0.3, -0.25) is 4.90 Å². The number of rotatable bonds is 4. The summed E-state index contributed by atoms with van der Waals surface area (Å²) >= 11 is 0. The number of carbonyl (C=O) groups is 1. The topological polar surface area (TPSA) is 133 Å². The van der Waals surface area contributed by atoms with Gasteiger partial charge in [0.25, 0.3) is 0 Å². The molecule has 1 aliphatic rings. The number of nitrogens with zero attached hydrogens (tertiary/aromatic N) is 1. The highest BCUT2D eigenvalue weighted by Crippen LogP contribution is 1.97. The summed E-state index contributed by atoms with van der Waals surface area (Å²) in [5.41, 5.74) is 4.72. The molecule has 0 bridgehead atoms. The van der Waals surface area contributed by atoms with Crippen molar-refractivity contribution < 1.29 is 23.4 Å². The summed E-state index contributed by atoms with van der Waals surface area (Å²) in [5.74, 6) is -0.129. The number of amides is 2. The Labute approximate surface area is 94.1 Å². The summed E-state index contributed by atoms with van der Waals surface area (Å²) < 4.78 is 29.3. The molecule has 1 rings (SSSR count). The van der Waals surface area contributed by atoms with Crippen molar-refractivity contribution in [2.24, 2.45) is 5.73 Å². The summed E-state index contributed by atoms with van der Waals surface area (Å²) in [5, 5.41) is 0.